The first kappa shape index (κ1) is 13.4. The number of aryl methyl sites for hydroxylation is 1. The van der Waals surface area contributed by atoms with Crippen LogP contribution in [0.3, 0.4) is 0 Å². The van der Waals surface area contributed by atoms with Gasteiger partial charge in [-0.15, -0.1) is 0 Å². The van der Waals surface area contributed by atoms with E-state index in [1.165, 1.54) is 36.2 Å². The summed E-state index contributed by atoms with van der Waals surface area (Å²) in [4.78, 5) is 2.47. The van der Waals surface area contributed by atoms with Gasteiger partial charge < -0.3 is 10.6 Å². The molecule has 1 heterocycles. The highest BCUT2D eigenvalue weighted by atomic mass is 15.1. The summed E-state index contributed by atoms with van der Waals surface area (Å²) in [5, 5.41) is 0. The molecule has 1 unspecified atom stereocenters. The van der Waals surface area contributed by atoms with Gasteiger partial charge in [0.1, 0.15) is 0 Å². The Kier molecular flexibility index (Phi) is 4.28. The first-order valence-corrected chi connectivity index (χ1v) is 7.25. The van der Waals surface area contributed by atoms with Gasteiger partial charge in [-0.05, 0) is 49.3 Å². The van der Waals surface area contributed by atoms with Crippen molar-refractivity contribution in [2.24, 2.45) is 11.7 Å². The van der Waals surface area contributed by atoms with Crippen LogP contribution in [-0.2, 0) is 6.42 Å². The summed E-state index contributed by atoms with van der Waals surface area (Å²) in [5.74, 6) is 0.656. The number of anilines is 1. The molecule has 0 amide bonds. The van der Waals surface area contributed by atoms with Crippen LogP contribution in [0.4, 0.5) is 5.69 Å². The summed E-state index contributed by atoms with van der Waals surface area (Å²) < 4.78 is 0. The lowest BCUT2D eigenvalue weighted by molar-refractivity contribution is 0.509. The lowest BCUT2D eigenvalue weighted by Crippen LogP contribution is -2.29. The summed E-state index contributed by atoms with van der Waals surface area (Å²) in [6.45, 7) is 8.99. The van der Waals surface area contributed by atoms with E-state index in [2.05, 4.69) is 43.9 Å². The monoisotopic (exact) mass is 246 g/mol. The van der Waals surface area contributed by atoms with Gasteiger partial charge in [0.15, 0.2) is 0 Å². The van der Waals surface area contributed by atoms with E-state index in [9.17, 15) is 0 Å². The zero-order chi connectivity index (χ0) is 13.1. The zero-order valence-corrected chi connectivity index (χ0v) is 11.9. The molecule has 0 aliphatic carbocycles. The maximum atomic E-state index is 6.28. The summed E-state index contributed by atoms with van der Waals surface area (Å²) >= 11 is 0. The molecule has 0 radical (unpaired) electrons. The van der Waals surface area contributed by atoms with E-state index < -0.39 is 0 Å². The van der Waals surface area contributed by atoms with E-state index >= 15 is 0 Å². The third-order valence-electron chi connectivity index (χ3n) is 3.85. The highest BCUT2D eigenvalue weighted by Gasteiger charge is 2.17. The standard InChI is InChI=1S/C16H26N2/c1-4-18-9-5-6-14-11-13(7-8-16(14)18)15(17)10-12(2)3/h7-8,11-12,15H,4-6,9-10,17H2,1-3H3. The summed E-state index contributed by atoms with van der Waals surface area (Å²) in [7, 11) is 0. The Balaban J connectivity index is 2.21. The number of nitrogens with zero attached hydrogens (tertiary/aromatic N) is 1. The van der Waals surface area contributed by atoms with Crippen LogP contribution in [0.15, 0.2) is 18.2 Å². The Bertz CT molecular complexity index is 398. The number of hydrogen-bond donors (Lipinski definition) is 1. The number of nitrogens with two attached hydrogens (primary N) is 1. The predicted octanol–water partition coefficient (Wildman–Crippen LogP) is 3.51. The first-order chi connectivity index (χ1) is 8.61. The van der Waals surface area contributed by atoms with Crippen molar-refractivity contribution in [1.29, 1.82) is 0 Å². The minimum atomic E-state index is 0.187. The number of hydrogen-bond acceptors (Lipinski definition) is 2. The van der Waals surface area contributed by atoms with Crippen LogP contribution in [-0.4, -0.2) is 13.1 Å². The number of fused-ring (bicyclic) bond motifs is 1. The highest BCUT2D eigenvalue weighted by Crippen LogP contribution is 2.30. The minimum absolute atomic E-state index is 0.187. The fourth-order valence-corrected chi connectivity index (χ4v) is 2.90. The van der Waals surface area contributed by atoms with Gasteiger partial charge in [0, 0.05) is 24.8 Å². The lowest BCUT2D eigenvalue weighted by atomic mass is 9.93. The van der Waals surface area contributed by atoms with Gasteiger partial charge in [0.05, 0.1) is 0 Å². The molecule has 1 atom stereocenters. The largest absolute Gasteiger partial charge is 0.372 e. The summed E-state index contributed by atoms with van der Waals surface area (Å²) in [6, 6.07) is 7.02. The molecule has 18 heavy (non-hydrogen) atoms. The van der Waals surface area contributed by atoms with Crippen molar-refractivity contribution in [3.8, 4) is 0 Å². The second kappa shape index (κ2) is 5.75. The van der Waals surface area contributed by atoms with Crippen LogP contribution in [0.1, 0.15) is 50.8 Å². The molecule has 1 aromatic rings. The van der Waals surface area contributed by atoms with Crippen molar-refractivity contribution < 1.29 is 0 Å². The third-order valence-corrected chi connectivity index (χ3v) is 3.85. The molecule has 1 aliphatic rings. The molecular weight excluding hydrogens is 220 g/mol. The van der Waals surface area contributed by atoms with Gasteiger partial charge in [-0.25, -0.2) is 0 Å². The Morgan fingerprint density at radius 2 is 2.11 bits per heavy atom. The molecule has 0 saturated heterocycles. The fraction of sp³-hybridized carbons (Fsp3) is 0.625. The van der Waals surface area contributed by atoms with Crippen LogP contribution >= 0.6 is 0 Å². The van der Waals surface area contributed by atoms with Gasteiger partial charge in [-0.1, -0.05) is 26.0 Å². The Morgan fingerprint density at radius 1 is 1.33 bits per heavy atom. The van der Waals surface area contributed by atoms with Crippen molar-refractivity contribution in [1.82, 2.24) is 0 Å². The van der Waals surface area contributed by atoms with E-state index in [1.807, 2.05) is 0 Å². The highest BCUT2D eigenvalue weighted by molar-refractivity contribution is 5.57. The van der Waals surface area contributed by atoms with Gasteiger partial charge in [0.2, 0.25) is 0 Å². The van der Waals surface area contributed by atoms with Crippen LogP contribution in [0.25, 0.3) is 0 Å². The van der Waals surface area contributed by atoms with Crippen molar-refractivity contribution in [2.45, 2.75) is 46.1 Å². The van der Waals surface area contributed by atoms with Crippen molar-refractivity contribution in [3.05, 3.63) is 29.3 Å². The number of rotatable bonds is 4. The van der Waals surface area contributed by atoms with E-state index in [1.54, 1.807) is 0 Å². The van der Waals surface area contributed by atoms with E-state index in [4.69, 9.17) is 5.73 Å². The molecule has 0 fully saturated rings. The molecule has 2 rings (SSSR count). The molecule has 2 nitrogen and oxygen atoms in total. The molecule has 0 saturated carbocycles. The molecule has 1 aromatic carbocycles. The molecule has 100 valence electrons. The maximum Gasteiger partial charge on any atom is 0.0398 e. The van der Waals surface area contributed by atoms with Crippen molar-refractivity contribution in [2.75, 3.05) is 18.0 Å². The van der Waals surface area contributed by atoms with Crippen molar-refractivity contribution in [3.63, 3.8) is 0 Å². The quantitative estimate of drug-likeness (QED) is 0.881. The van der Waals surface area contributed by atoms with Crippen LogP contribution in [0.5, 0.6) is 0 Å². The van der Waals surface area contributed by atoms with E-state index in [-0.39, 0.29) is 6.04 Å². The summed E-state index contributed by atoms with van der Waals surface area (Å²) in [6.07, 6.45) is 3.54. The van der Waals surface area contributed by atoms with Crippen molar-refractivity contribution >= 4 is 5.69 Å². The van der Waals surface area contributed by atoms with Crippen LogP contribution in [0.2, 0.25) is 0 Å². The van der Waals surface area contributed by atoms with E-state index in [0.29, 0.717) is 5.92 Å². The van der Waals surface area contributed by atoms with Gasteiger partial charge >= 0.3 is 0 Å². The van der Waals surface area contributed by atoms with Gasteiger partial charge in [-0.3, -0.25) is 0 Å². The molecule has 0 aromatic heterocycles. The Morgan fingerprint density at radius 3 is 2.78 bits per heavy atom. The third kappa shape index (κ3) is 2.86. The molecule has 2 N–H and O–H groups in total. The maximum absolute atomic E-state index is 6.28. The molecule has 0 bridgehead atoms. The molecule has 1 aliphatic heterocycles. The van der Waals surface area contributed by atoms with Gasteiger partial charge in [0.25, 0.3) is 0 Å². The average Bonchev–Trinajstić information content (AvgIpc) is 2.36. The minimum Gasteiger partial charge on any atom is -0.372 e. The molecule has 0 spiro atoms. The van der Waals surface area contributed by atoms with E-state index in [0.717, 1.165) is 13.0 Å². The first-order valence-electron chi connectivity index (χ1n) is 7.25. The smallest absolute Gasteiger partial charge is 0.0398 e. The predicted molar refractivity (Wildman–Crippen MR) is 79.0 cm³/mol. The lowest BCUT2D eigenvalue weighted by Gasteiger charge is -2.31. The second-order valence-corrected chi connectivity index (χ2v) is 5.81. The zero-order valence-electron chi connectivity index (χ0n) is 11.9. The topological polar surface area (TPSA) is 29.3 Å². The Labute approximate surface area is 111 Å². The van der Waals surface area contributed by atoms with Crippen LogP contribution in [0, 0.1) is 5.92 Å². The second-order valence-electron chi connectivity index (χ2n) is 5.81. The molecular formula is C16H26N2. The Hall–Kier alpha value is -1.02. The molecule has 2 heteroatoms. The number of benzene rings is 1. The van der Waals surface area contributed by atoms with Gasteiger partial charge in [-0.2, -0.15) is 0 Å². The SMILES string of the molecule is CCN1CCCc2cc(C(N)CC(C)C)ccc21. The summed E-state index contributed by atoms with van der Waals surface area (Å²) in [5.41, 5.74) is 10.5. The normalized spacial score (nSPS) is 16.8. The fourth-order valence-electron chi connectivity index (χ4n) is 2.90. The van der Waals surface area contributed by atoms with Crippen LogP contribution < -0.4 is 10.6 Å². The average molecular weight is 246 g/mol.